The number of carbonyl (C=O) groups is 3. The number of fused-ring (bicyclic) bond motifs is 2. The molecule has 1 fully saturated rings. The van der Waals surface area contributed by atoms with E-state index in [1.807, 2.05) is 23.1 Å². The number of carbonyl (C=O) groups excluding carboxylic acids is 3. The lowest BCUT2D eigenvalue weighted by Gasteiger charge is -2.24. The number of benzene rings is 2. The fraction of sp³-hybridized carbons (Fsp3) is 0.261. The number of nitro benzene ring substituents is 1. The van der Waals surface area contributed by atoms with Gasteiger partial charge in [-0.15, -0.1) is 0 Å². The molecule has 2 aliphatic heterocycles. The van der Waals surface area contributed by atoms with Gasteiger partial charge in [0.25, 0.3) is 17.5 Å². The summed E-state index contributed by atoms with van der Waals surface area (Å²) in [6.45, 7) is 2.94. The Morgan fingerprint density at radius 3 is 2.38 bits per heavy atom. The van der Waals surface area contributed by atoms with Crippen molar-refractivity contribution < 1.29 is 19.3 Å². The first-order valence-corrected chi connectivity index (χ1v) is 10.8. The summed E-state index contributed by atoms with van der Waals surface area (Å²) >= 11 is 0. The normalized spacial score (nSPS) is 16.1. The number of anilines is 2. The molecule has 34 heavy (non-hydrogen) atoms. The zero-order valence-electron chi connectivity index (χ0n) is 18.2. The van der Waals surface area contributed by atoms with E-state index in [0.29, 0.717) is 16.9 Å². The quantitative estimate of drug-likeness (QED) is 0.348. The Bertz CT molecular complexity index is 1370. The van der Waals surface area contributed by atoms with Crippen molar-refractivity contribution in [2.45, 2.75) is 25.8 Å². The Morgan fingerprint density at radius 1 is 1.03 bits per heavy atom. The first kappa shape index (κ1) is 21.4. The zero-order valence-corrected chi connectivity index (χ0v) is 18.2. The standard InChI is InChI=1S/C23H20N6O5/c1-13(28-22(31)14-7-6-10-17(29(33)34)18(14)23(28)32)21(30)26-19-20(27-11-4-5-12-27)25-16-9-3-2-8-15(16)24-19/h2-3,6-10,13H,4-5,11-12H2,1H3,(H,24,26,30). The van der Waals surface area contributed by atoms with Gasteiger partial charge in [-0.25, -0.2) is 9.97 Å². The minimum absolute atomic E-state index is 0.0953. The SMILES string of the molecule is CC(C(=O)Nc1nc2ccccc2nc1N1CCCC1)N1C(=O)c2cccc([N+](=O)[O-])c2C1=O. The van der Waals surface area contributed by atoms with Gasteiger partial charge in [-0.1, -0.05) is 18.2 Å². The van der Waals surface area contributed by atoms with Gasteiger partial charge in [-0.05, 0) is 38.0 Å². The molecule has 0 spiro atoms. The molecule has 2 aliphatic rings. The first-order chi connectivity index (χ1) is 16.4. The maximum Gasteiger partial charge on any atom is 0.282 e. The van der Waals surface area contributed by atoms with Gasteiger partial charge in [-0.2, -0.15) is 0 Å². The van der Waals surface area contributed by atoms with E-state index in [4.69, 9.17) is 0 Å². The van der Waals surface area contributed by atoms with E-state index in [0.717, 1.165) is 36.9 Å². The van der Waals surface area contributed by atoms with E-state index in [9.17, 15) is 24.5 Å². The fourth-order valence-corrected chi connectivity index (χ4v) is 4.35. The van der Waals surface area contributed by atoms with Crippen LogP contribution in [0.1, 0.15) is 40.5 Å². The van der Waals surface area contributed by atoms with Crippen LogP contribution in [0, 0.1) is 10.1 Å². The molecule has 1 N–H and O–H groups in total. The topological polar surface area (TPSA) is 139 Å². The highest BCUT2D eigenvalue weighted by Gasteiger charge is 2.45. The van der Waals surface area contributed by atoms with Gasteiger partial charge < -0.3 is 10.2 Å². The monoisotopic (exact) mass is 460 g/mol. The molecule has 172 valence electrons. The van der Waals surface area contributed by atoms with Crippen LogP contribution in [0.15, 0.2) is 42.5 Å². The number of nitro groups is 1. The van der Waals surface area contributed by atoms with Gasteiger partial charge in [0.05, 0.1) is 21.5 Å². The molecule has 5 rings (SSSR count). The lowest BCUT2D eigenvalue weighted by molar-refractivity contribution is -0.385. The molecule has 3 aromatic rings. The van der Waals surface area contributed by atoms with Crippen LogP contribution < -0.4 is 10.2 Å². The van der Waals surface area contributed by atoms with Crippen LogP contribution in [0.4, 0.5) is 17.3 Å². The molecule has 1 unspecified atom stereocenters. The predicted molar refractivity (Wildman–Crippen MR) is 123 cm³/mol. The molecule has 3 heterocycles. The molecule has 1 saturated heterocycles. The van der Waals surface area contributed by atoms with Crippen molar-refractivity contribution in [1.29, 1.82) is 0 Å². The molecule has 0 aliphatic carbocycles. The van der Waals surface area contributed by atoms with E-state index in [1.165, 1.54) is 19.1 Å². The van der Waals surface area contributed by atoms with Crippen LogP contribution in [-0.4, -0.2) is 56.6 Å². The van der Waals surface area contributed by atoms with Gasteiger partial charge in [0.15, 0.2) is 11.6 Å². The predicted octanol–water partition coefficient (Wildman–Crippen LogP) is 2.76. The number of rotatable bonds is 5. The van der Waals surface area contributed by atoms with Gasteiger partial charge in [0.2, 0.25) is 5.91 Å². The van der Waals surface area contributed by atoms with E-state index >= 15 is 0 Å². The largest absolute Gasteiger partial charge is 0.354 e. The summed E-state index contributed by atoms with van der Waals surface area (Å²) in [4.78, 5) is 61.7. The van der Waals surface area contributed by atoms with Crippen LogP contribution in [0.5, 0.6) is 0 Å². The van der Waals surface area contributed by atoms with Crippen LogP contribution in [0.3, 0.4) is 0 Å². The Labute approximate surface area is 193 Å². The number of nitrogens with zero attached hydrogens (tertiary/aromatic N) is 5. The van der Waals surface area contributed by atoms with Crippen molar-refractivity contribution in [3.63, 3.8) is 0 Å². The van der Waals surface area contributed by atoms with Crippen LogP contribution in [0.25, 0.3) is 11.0 Å². The maximum atomic E-state index is 13.2. The minimum Gasteiger partial charge on any atom is -0.354 e. The highest BCUT2D eigenvalue weighted by atomic mass is 16.6. The molecule has 0 bridgehead atoms. The molecule has 1 atom stereocenters. The highest BCUT2D eigenvalue weighted by Crippen LogP contribution is 2.33. The van der Waals surface area contributed by atoms with Crippen molar-refractivity contribution in [3.8, 4) is 0 Å². The van der Waals surface area contributed by atoms with Crippen molar-refractivity contribution in [3.05, 3.63) is 63.7 Å². The average Bonchev–Trinajstić information content (AvgIpc) is 3.45. The summed E-state index contributed by atoms with van der Waals surface area (Å²) in [7, 11) is 0. The summed E-state index contributed by atoms with van der Waals surface area (Å²) in [5.41, 5.74) is 0.401. The number of aromatic nitrogens is 2. The summed E-state index contributed by atoms with van der Waals surface area (Å²) in [6, 6.07) is 9.88. The number of amides is 3. The van der Waals surface area contributed by atoms with E-state index in [2.05, 4.69) is 15.3 Å². The molecule has 3 amide bonds. The van der Waals surface area contributed by atoms with Gasteiger partial charge in [-0.3, -0.25) is 29.4 Å². The van der Waals surface area contributed by atoms with Crippen LogP contribution in [-0.2, 0) is 4.79 Å². The third-order valence-corrected chi connectivity index (χ3v) is 6.09. The Morgan fingerprint density at radius 2 is 1.71 bits per heavy atom. The summed E-state index contributed by atoms with van der Waals surface area (Å²) < 4.78 is 0. The second kappa shape index (κ2) is 8.18. The Kier molecular flexibility index (Phi) is 5.16. The van der Waals surface area contributed by atoms with Gasteiger partial charge in [0.1, 0.15) is 11.6 Å². The summed E-state index contributed by atoms with van der Waals surface area (Å²) in [5, 5.41) is 14.1. The summed E-state index contributed by atoms with van der Waals surface area (Å²) in [6.07, 6.45) is 1.98. The number of para-hydroxylation sites is 2. The highest BCUT2D eigenvalue weighted by molar-refractivity contribution is 6.25. The van der Waals surface area contributed by atoms with Crippen molar-refractivity contribution in [1.82, 2.24) is 14.9 Å². The average molecular weight is 460 g/mol. The molecule has 2 aromatic carbocycles. The van der Waals surface area contributed by atoms with Gasteiger partial charge in [0, 0.05) is 19.2 Å². The Balaban J connectivity index is 1.46. The lowest BCUT2D eigenvalue weighted by Crippen LogP contribution is -2.45. The molecular formula is C23H20N6O5. The van der Waals surface area contributed by atoms with E-state index in [-0.39, 0.29) is 16.9 Å². The zero-order chi connectivity index (χ0) is 24.0. The maximum absolute atomic E-state index is 13.2. The van der Waals surface area contributed by atoms with Crippen molar-refractivity contribution >= 4 is 46.1 Å². The first-order valence-electron chi connectivity index (χ1n) is 10.8. The second-order valence-electron chi connectivity index (χ2n) is 8.18. The molecule has 0 radical (unpaired) electrons. The molecule has 0 saturated carbocycles. The van der Waals surface area contributed by atoms with E-state index in [1.54, 1.807) is 6.07 Å². The van der Waals surface area contributed by atoms with Crippen LogP contribution >= 0.6 is 0 Å². The number of hydrogen-bond donors (Lipinski definition) is 1. The third kappa shape index (κ3) is 3.41. The lowest BCUT2D eigenvalue weighted by atomic mass is 10.1. The molecular weight excluding hydrogens is 440 g/mol. The third-order valence-electron chi connectivity index (χ3n) is 6.09. The molecule has 11 nitrogen and oxygen atoms in total. The summed E-state index contributed by atoms with van der Waals surface area (Å²) in [5.74, 6) is -1.52. The van der Waals surface area contributed by atoms with Crippen LogP contribution in [0.2, 0.25) is 0 Å². The van der Waals surface area contributed by atoms with Gasteiger partial charge >= 0.3 is 0 Å². The Hall–Kier alpha value is -4.41. The smallest absolute Gasteiger partial charge is 0.282 e. The number of nitrogens with one attached hydrogen (secondary N) is 1. The fourth-order valence-electron chi connectivity index (χ4n) is 4.35. The van der Waals surface area contributed by atoms with Crippen molar-refractivity contribution in [2.75, 3.05) is 23.3 Å². The van der Waals surface area contributed by atoms with E-state index < -0.39 is 34.4 Å². The van der Waals surface area contributed by atoms with Crippen molar-refractivity contribution in [2.24, 2.45) is 0 Å². The minimum atomic E-state index is -1.23. The molecule has 11 heteroatoms. The molecule has 1 aromatic heterocycles. The number of imide groups is 1. The second-order valence-corrected chi connectivity index (χ2v) is 8.18. The number of hydrogen-bond acceptors (Lipinski definition) is 8.